The number of halogens is 4. The average Bonchev–Trinajstić information content (AvgIpc) is 2.56. The first-order valence-electron chi connectivity index (χ1n) is 8.39. The highest BCUT2D eigenvalue weighted by Gasteiger charge is 1.98. The number of nitrogens with two attached hydrogens (primary N) is 6. The van der Waals surface area contributed by atoms with Crippen LogP contribution in [0, 0.1) is 0 Å². The lowest BCUT2D eigenvalue weighted by atomic mass is 10.3. The minimum Gasteiger partial charge on any atom is -0.398 e. The first-order valence-corrected chi connectivity index (χ1v) is 8.39. The maximum absolute atomic E-state index is 10.1. The van der Waals surface area contributed by atoms with E-state index < -0.39 is 29.6 Å². The summed E-state index contributed by atoms with van der Waals surface area (Å²) in [4.78, 5) is 0. The third kappa shape index (κ3) is 753. The molecule has 0 fully saturated rings. The molecule has 0 heterocycles. The summed E-state index contributed by atoms with van der Waals surface area (Å²) in [6.45, 7) is 4.31. The Morgan fingerprint density at radius 2 is 0.419 bits per heavy atom. The first kappa shape index (κ1) is 48.0. The van der Waals surface area contributed by atoms with Gasteiger partial charge >= 0.3 is 29.6 Å². The molecule has 0 radical (unpaired) electrons. The predicted molar refractivity (Wildman–Crippen MR) is 113 cm³/mol. The topological polar surface area (TPSA) is 318 Å². The summed E-state index contributed by atoms with van der Waals surface area (Å²) >= 11 is 0. The first-order chi connectivity index (χ1) is 14.2. The number of hydrogen-bond acceptors (Lipinski definition) is 14. The minimum absolute atomic E-state index is 0.719. The van der Waals surface area contributed by atoms with Gasteiger partial charge < -0.3 is 74.6 Å². The fraction of sp³-hybridized carbons (Fsp3) is 1.00. The predicted octanol–water partition coefficient (Wildman–Crippen LogP) is -6.42. The summed E-state index contributed by atoms with van der Waals surface area (Å²) in [6.07, 6.45) is 2.83. The molecule has 0 saturated heterocycles. The number of rotatable bonds is 6. The van der Waals surface area contributed by atoms with Crippen LogP contribution in [0.4, 0.5) is 17.3 Å². The molecule has 0 unspecified atom stereocenters. The summed E-state index contributed by atoms with van der Waals surface area (Å²) in [5.74, 6) is 0. The van der Waals surface area contributed by atoms with Crippen LogP contribution in [0.5, 0.6) is 0 Å². The van der Waals surface area contributed by atoms with E-state index in [0.717, 1.165) is 58.5 Å². The van der Waals surface area contributed by atoms with Crippen LogP contribution >= 0.6 is 0 Å². The van der Waals surface area contributed by atoms with Crippen LogP contribution in [0.3, 0.4) is 0 Å². The second-order valence-corrected chi connectivity index (χ2v) is 4.04. The van der Waals surface area contributed by atoms with E-state index in [1.807, 2.05) is 0 Å². The Balaban J connectivity index is -0.0000000435. The molecule has 31 heavy (non-hydrogen) atoms. The van der Waals surface area contributed by atoms with Crippen molar-refractivity contribution in [2.45, 2.75) is 19.3 Å². The number of hydrogen-bond donors (Lipinski definition) is 14. The highest BCUT2D eigenvalue weighted by Crippen LogP contribution is 1.60. The molecule has 0 aromatic heterocycles. The van der Waals surface area contributed by atoms with Gasteiger partial charge in [0.1, 0.15) is 0 Å². The van der Waals surface area contributed by atoms with Crippen molar-refractivity contribution in [3.05, 3.63) is 0 Å². The molecule has 0 aromatic carbocycles. The lowest BCUT2D eigenvalue weighted by Crippen LogP contribution is -2.06. The van der Waals surface area contributed by atoms with Gasteiger partial charge in [-0.1, -0.05) is 0 Å². The van der Waals surface area contributed by atoms with Crippen LogP contribution in [0.1, 0.15) is 19.3 Å². The van der Waals surface area contributed by atoms with E-state index in [1.54, 1.807) is 0 Å². The van der Waals surface area contributed by atoms with Crippen LogP contribution in [0.25, 0.3) is 0 Å². The summed E-state index contributed by atoms with van der Waals surface area (Å²) in [5.41, 5.74) is 30.4. The second kappa shape index (κ2) is 57.0. The van der Waals surface area contributed by atoms with Crippen molar-refractivity contribution in [3.8, 4) is 0 Å². The largest absolute Gasteiger partial charge is 0.674 e. The quantitative estimate of drug-likeness (QED) is 0.125. The fourth-order valence-electron chi connectivity index (χ4n) is 0.354. The summed E-state index contributed by atoms with van der Waals surface area (Å²) in [7, 11) is -10.7. The van der Waals surface area contributed by atoms with E-state index in [-0.39, 0.29) is 0 Å². The van der Waals surface area contributed by atoms with Crippen molar-refractivity contribution in [1.29, 1.82) is 0 Å². The zero-order chi connectivity index (χ0) is 26.7. The Labute approximate surface area is 181 Å². The van der Waals surface area contributed by atoms with Gasteiger partial charge in [0, 0.05) is 0 Å². The normalized spacial score (nSPS) is 7.55. The van der Waals surface area contributed by atoms with Gasteiger partial charge in [0.05, 0.1) is 0 Å². The molecule has 20 N–H and O–H groups in total. The van der Waals surface area contributed by atoms with E-state index in [1.165, 1.54) is 0 Å². The lowest BCUT2D eigenvalue weighted by Gasteiger charge is -1.81. The average molecular weight is 478 g/mol. The van der Waals surface area contributed by atoms with Gasteiger partial charge in [-0.2, -0.15) is 0 Å². The van der Waals surface area contributed by atoms with E-state index in [9.17, 15) is 17.3 Å². The summed E-state index contributed by atoms with van der Waals surface area (Å²) in [6, 6.07) is 0. The van der Waals surface area contributed by atoms with Crippen molar-refractivity contribution in [1.82, 2.24) is 0 Å². The van der Waals surface area contributed by atoms with E-state index >= 15 is 0 Å². The van der Waals surface area contributed by atoms with Crippen molar-refractivity contribution >= 4 is 29.6 Å². The van der Waals surface area contributed by atoms with Crippen LogP contribution < -0.4 is 34.4 Å². The third-order valence-corrected chi connectivity index (χ3v) is 1.22. The fourth-order valence-corrected chi connectivity index (χ4v) is 0.354. The zero-order valence-corrected chi connectivity index (χ0v) is 17.2. The Bertz CT molecular complexity index is 191. The molecule has 0 spiro atoms. The van der Waals surface area contributed by atoms with Gasteiger partial charge in [-0.3, -0.25) is 17.3 Å². The Kier molecular flexibility index (Phi) is 88.2. The molecular formula is C9H38B4F4N6O8. The van der Waals surface area contributed by atoms with Gasteiger partial charge in [-0.25, -0.2) is 0 Å². The van der Waals surface area contributed by atoms with Crippen LogP contribution in [0.2, 0.25) is 0 Å². The van der Waals surface area contributed by atoms with Gasteiger partial charge in [0.15, 0.2) is 0 Å². The summed E-state index contributed by atoms with van der Waals surface area (Å²) in [5, 5.41) is 55.6. The zero-order valence-electron chi connectivity index (χ0n) is 17.2. The lowest BCUT2D eigenvalue weighted by molar-refractivity contribution is 0.338. The maximum Gasteiger partial charge on any atom is 0.674 e. The van der Waals surface area contributed by atoms with Gasteiger partial charge in [0.2, 0.25) is 0 Å². The van der Waals surface area contributed by atoms with Crippen LogP contribution in [-0.2, 0) is 0 Å². The van der Waals surface area contributed by atoms with Crippen molar-refractivity contribution in [2.24, 2.45) is 34.4 Å². The molecule has 0 aliphatic rings. The molecular weight excluding hydrogens is 439 g/mol. The Morgan fingerprint density at radius 1 is 0.355 bits per heavy atom. The summed E-state index contributed by atoms with van der Waals surface area (Å²) < 4.78 is 40.4. The molecule has 0 aromatic rings. The van der Waals surface area contributed by atoms with Gasteiger partial charge in [-0.05, 0) is 58.5 Å². The van der Waals surface area contributed by atoms with Crippen molar-refractivity contribution < 1.29 is 57.5 Å². The van der Waals surface area contributed by atoms with Gasteiger partial charge in [0.25, 0.3) is 0 Å². The van der Waals surface area contributed by atoms with Crippen molar-refractivity contribution in [2.75, 3.05) is 39.3 Å². The Morgan fingerprint density at radius 3 is 0.419 bits per heavy atom. The SMILES string of the molecule is NCCCN.NCCCN.NCCCN.OB(O)F.OB(O)F.OB(O)F.OB(O)F. The Hall–Kier alpha value is -0.580. The minimum atomic E-state index is -2.67. The standard InChI is InChI=1S/3C3H10N2.4BFH2O2/c3*4-2-1-3-5;4*2-1(3)4/h3*1-5H2;4*3-4H. The molecule has 0 aliphatic carbocycles. The second-order valence-electron chi connectivity index (χ2n) is 4.04. The molecule has 0 saturated carbocycles. The van der Waals surface area contributed by atoms with Gasteiger partial charge in [-0.15, -0.1) is 0 Å². The molecule has 22 heteroatoms. The van der Waals surface area contributed by atoms with Crippen LogP contribution in [-0.4, -0.2) is 109 Å². The molecule has 0 bridgehead atoms. The molecule has 0 amide bonds. The van der Waals surface area contributed by atoms with E-state index in [4.69, 9.17) is 74.6 Å². The third-order valence-electron chi connectivity index (χ3n) is 1.22. The smallest absolute Gasteiger partial charge is 0.398 e. The highest BCUT2D eigenvalue weighted by atomic mass is 19.1. The molecule has 0 atom stereocenters. The molecule has 0 rings (SSSR count). The molecule has 14 nitrogen and oxygen atoms in total. The molecule has 192 valence electrons. The molecule has 0 aliphatic heterocycles. The van der Waals surface area contributed by atoms with E-state index in [0.29, 0.717) is 0 Å². The van der Waals surface area contributed by atoms with Crippen molar-refractivity contribution in [3.63, 3.8) is 0 Å². The monoisotopic (exact) mass is 478 g/mol. The maximum atomic E-state index is 10.1. The highest BCUT2D eigenvalue weighted by molar-refractivity contribution is 6.32. The van der Waals surface area contributed by atoms with Crippen LogP contribution in [0.15, 0.2) is 0 Å². The van der Waals surface area contributed by atoms with E-state index in [2.05, 4.69) is 0 Å².